The van der Waals surface area contributed by atoms with Crippen LogP contribution in [-0.4, -0.2) is 10.2 Å². The van der Waals surface area contributed by atoms with Gasteiger partial charge in [0, 0.05) is 0 Å². The molecule has 0 spiro atoms. The molecule has 0 bridgehead atoms. The minimum atomic E-state index is 0.322. The van der Waals surface area contributed by atoms with Crippen molar-refractivity contribution >= 4 is 0 Å². The fourth-order valence-electron chi connectivity index (χ4n) is 0.856. The van der Waals surface area contributed by atoms with Gasteiger partial charge in [0.25, 0.3) is 0 Å². The molecule has 0 saturated heterocycles. The van der Waals surface area contributed by atoms with Crippen molar-refractivity contribution in [3.63, 3.8) is 0 Å². The number of hydrogen-bond acceptors (Lipinski definition) is 2. The largest absolute Gasteiger partial charge is 0.508 e. The van der Waals surface area contributed by atoms with Gasteiger partial charge in [-0.2, -0.15) is 0 Å². The van der Waals surface area contributed by atoms with Crippen LogP contribution in [0.4, 0.5) is 0 Å². The maximum Gasteiger partial charge on any atom is 0.115 e. The molecule has 0 heterocycles. The highest BCUT2D eigenvalue weighted by atomic mass is 16.3. The zero-order valence-corrected chi connectivity index (χ0v) is 16.4. The highest BCUT2D eigenvalue weighted by Gasteiger charge is 1.75. The number of hydrogen-bond donors (Lipinski definition) is 2. The van der Waals surface area contributed by atoms with E-state index in [1.807, 2.05) is 53.7 Å². The fourth-order valence-corrected chi connectivity index (χ4v) is 0.856. The van der Waals surface area contributed by atoms with Gasteiger partial charge in [0.2, 0.25) is 0 Å². The summed E-state index contributed by atoms with van der Waals surface area (Å²) in [5, 5.41) is 17.3. The third-order valence-electron chi connectivity index (χ3n) is 1.51. The first kappa shape index (κ1) is 29.1. The van der Waals surface area contributed by atoms with Crippen molar-refractivity contribution in [1.29, 1.82) is 0 Å². The summed E-state index contributed by atoms with van der Waals surface area (Å²) in [7, 11) is 0. The molecule has 0 aromatic heterocycles. The second kappa shape index (κ2) is 32.1. The van der Waals surface area contributed by atoms with Crippen molar-refractivity contribution in [2.75, 3.05) is 0 Å². The first-order valence-electron chi connectivity index (χ1n) is 8.68. The van der Waals surface area contributed by atoms with Gasteiger partial charge in [0.1, 0.15) is 11.5 Å². The van der Waals surface area contributed by atoms with Gasteiger partial charge in [-0.05, 0) is 24.3 Å². The van der Waals surface area contributed by atoms with E-state index in [2.05, 4.69) is 13.8 Å². The van der Waals surface area contributed by atoms with Crippen LogP contribution in [-0.2, 0) is 0 Å². The molecule has 2 aromatic carbocycles. The van der Waals surface area contributed by atoms with E-state index in [1.165, 1.54) is 6.42 Å². The van der Waals surface area contributed by atoms with Gasteiger partial charge < -0.3 is 10.2 Å². The fraction of sp³-hybridized carbons (Fsp3) is 0.429. The smallest absolute Gasteiger partial charge is 0.115 e. The van der Waals surface area contributed by atoms with Gasteiger partial charge >= 0.3 is 0 Å². The van der Waals surface area contributed by atoms with Crippen molar-refractivity contribution in [2.24, 2.45) is 0 Å². The average Bonchev–Trinajstić information content (AvgIpc) is 2.63. The van der Waals surface area contributed by atoms with Crippen LogP contribution < -0.4 is 0 Å². The highest BCUT2D eigenvalue weighted by molar-refractivity contribution is 5.19. The van der Waals surface area contributed by atoms with Crippen LogP contribution in [0.3, 0.4) is 0 Å². The van der Waals surface area contributed by atoms with Crippen molar-refractivity contribution in [3.05, 3.63) is 60.7 Å². The number of para-hydroxylation sites is 2. The molecular formula is C21H38O2. The lowest BCUT2D eigenvalue weighted by atomic mass is 10.3. The van der Waals surface area contributed by atoms with E-state index in [0.717, 1.165) is 0 Å². The van der Waals surface area contributed by atoms with Crippen molar-refractivity contribution in [3.8, 4) is 11.5 Å². The van der Waals surface area contributed by atoms with Crippen molar-refractivity contribution in [1.82, 2.24) is 0 Å². The summed E-state index contributed by atoms with van der Waals surface area (Å²) >= 11 is 0. The second-order valence-electron chi connectivity index (χ2n) is 3.38. The third-order valence-corrected chi connectivity index (χ3v) is 1.51. The molecule has 0 aliphatic carbocycles. The Labute approximate surface area is 144 Å². The van der Waals surface area contributed by atoms with E-state index < -0.39 is 0 Å². The van der Waals surface area contributed by atoms with Crippen LogP contribution in [0.2, 0.25) is 0 Å². The molecule has 0 unspecified atom stereocenters. The monoisotopic (exact) mass is 322 g/mol. The molecule has 2 aromatic rings. The van der Waals surface area contributed by atoms with Crippen LogP contribution in [0.25, 0.3) is 0 Å². The predicted octanol–water partition coefficient (Wildman–Crippen LogP) is 7.28. The van der Waals surface area contributed by atoms with Gasteiger partial charge in [-0.25, -0.2) is 0 Å². The quantitative estimate of drug-likeness (QED) is 0.535. The zero-order chi connectivity index (χ0) is 18.9. The molecule has 23 heavy (non-hydrogen) atoms. The van der Waals surface area contributed by atoms with Gasteiger partial charge in [-0.15, -0.1) is 0 Å². The predicted molar refractivity (Wildman–Crippen MR) is 106 cm³/mol. The third kappa shape index (κ3) is 33.1. The lowest BCUT2D eigenvalue weighted by Crippen LogP contribution is -1.56. The lowest BCUT2D eigenvalue weighted by Gasteiger charge is -1.82. The zero-order valence-electron chi connectivity index (χ0n) is 16.4. The Bertz CT molecular complexity index is 321. The molecule has 134 valence electrons. The highest BCUT2D eigenvalue weighted by Crippen LogP contribution is 2.03. The maximum atomic E-state index is 8.63. The Morgan fingerprint density at radius 1 is 0.522 bits per heavy atom. The van der Waals surface area contributed by atoms with Gasteiger partial charge in [0.15, 0.2) is 0 Å². The standard InChI is InChI=1S/2C6H6O.C3H8.3C2H6/c2*7-6-4-2-1-3-5-6;1-3-2;3*1-2/h2*1-5,7H;3H2,1-2H3;3*1-2H3. The Morgan fingerprint density at radius 3 is 0.783 bits per heavy atom. The van der Waals surface area contributed by atoms with E-state index in [1.54, 1.807) is 48.5 Å². The van der Waals surface area contributed by atoms with Gasteiger partial charge in [0.05, 0.1) is 0 Å². The summed E-state index contributed by atoms with van der Waals surface area (Å²) in [6, 6.07) is 17.4. The van der Waals surface area contributed by atoms with E-state index in [0.29, 0.717) is 11.5 Å². The number of rotatable bonds is 0. The molecule has 0 amide bonds. The first-order chi connectivity index (χ1) is 11.2. The number of benzene rings is 2. The molecule has 0 fully saturated rings. The van der Waals surface area contributed by atoms with Crippen LogP contribution in [0.1, 0.15) is 61.8 Å². The van der Waals surface area contributed by atoms with Gasteiger partial charge in [-0.3, -0.25) is 0 Å². The minimum Gasteiger partial charge on any atom is -0.508 e. The topological polar surface area (TPSA) is 40.5 Å². The van der Waals surface area contributed by atoms with E-state index >= 15 is 0 Å². The lowest BCUT2D eigenvalue weighted by molar-refractivity contribution is 0.475. The maximum absolute atomic E-state index is 8.63. The summed E-state index contributed by atoms with van der Waals surface area (Å²) in [6.07, 6.45) is 1.25. The van der Waals surface area contributed by atoms with Crippen molar-refractivity contribution < 1.29 is 10.2 Å². The molecule has 2 heteroatoms. The van der Waals surface area contributed by atoms with Gasteiger partial charge in [-0.1, -0.05) is 98.2 Å². The normalized spacial score (nSPS) is 6.78. The minimum absolute atomic E-state index is 0.322. The van der Waals surface area contributed by atoms with Crippen LogP contribution >= 0.6 is 0 Å². The summed E-state index contributed by atoms with van der Waals surface area (Å²) in [6.45, 7) is 16.2. The molecule has 0 aliphatic rings. The summed E-state index contributed by atoms with van der Waals surface area (Å²) in [5.41, 5.74) is 0. The average molecular weight is 323 g/mol. The molecule has 2 nitrogen and oxygen atoms in total. The summed E-state index contributed by atoms with van der Waals surface area (Å²) in [5.74, 6) is 0.644. The molecule has 2 N–H and O–H groups in total. The van der Waals surface area contributed by atoms with Crippen molar-refractivity contribution in [2.45, 2.75) is 61.8 Å². The number of phenols is 2. The number of aromatic hydroxyl groups is 2. The molecular weight excluding hydrogens is 284 g/mol. The molecule has 0 radical (unpaired) electrons. The van der Waals surface area contributed by atoms with E-state index in [9.17, 15) is 0 Å². The SMILES string of the molecule is CC.CC.CC.CCC.Oc1ccccc1.Oc1ccccc1. The van der Waals surface area contributed by atoms with Crippen LogP contribution in [0, 0.1) is 0 Å². The Hall–Kier alpha value is -1.96. The van der Waals surface area contributed by atoms with Crippen LogP contribution in [0.5, 0.6) is 11.5 Å². The summed E-state index contributed by atoms with van der Waals surface area (Å²) < 4.78 is 0. The molecule has 2 rings (SSSR count). The Kier molecular flexibility index (Phi) is 40.6. The Balaban J connectivity index is -0.000000106. The molecule has 0 saturated carbocycles. The van der Waals surface area contributed by atoms with E-state index in [-0.39, 0.29) is 0 Å². The number of phenolic OH excluding ortho intramolecular Hbond substituents is 2. The molecule has 0 aliphatic heterocycles. The Morgan fingerprint density at radius 2 is 0.696 bits per heavy atom. The first-order valence-corrected chi connectivity index (χ1v) is 8.68. The molecule has 0 atom stereocenters. The van der Waals surface area contributed by atoms with Crippen LogP contribution in [0.15, 0.2) is 60.7 Å². The van der Waals surface area contributed by atoms with E-state index in [4.69, 9.17) is 10.2 Å². The summed E-state index contributed by atoms with van der Waals surface area (Å²) in [4.78, 5) is 0. The second-order valence-corrected chi connectivity index (χ2v) is 3.38.